The Bertz CT molecular complexity index is 269. The van der Waals surface area contributed by atoms with E-state index in [4.69, 9.17) is 4.74 Å². The second-order valence-electron chi connectivity index (χ2n) is 2.75. The maximum Gasteiger partial charge on any atom is 0.122 e. The fourth-order valence-corrected chi connectivity index (χ4v) is 1.22. The van der Waals surface area contributed by atoms with E-state index in [2.05, 4.69) is 0 Å². The molecule has 2 heteroatoms. The van der Waals surface area contributed by atoms with Crippen LogP contribution in [0.5, 0.6) is 5.75 Å². The predicted octanol–water partition coefficient (Wildman–Crippen LogP) is 2.22. The van der Waals surface area contributed by atoms with Gasteiger partial charge >= 0.3 is 0 Å². The molecule has 0 aliphatic heterocycles. The summed E-state index contributed by atoms with van der Waals surface area (Å²) in [5.41, 5.74) is 1.11. The first-order chi connectivity index (χ1) is 6.38. The van der Waals surface area contributed by atoms with Crippen molar-refractivity contribution in [2.24, 2.45) is 0 Å². The molecule has 0 unspecified atom stereocenters. The smallest absolute Gasteiger partial charge is 0.122 e. The summed E-state index contributed by atoms with van der Waals surface area (Å²) in [7, 11) is 0. The highest BCUT2D eigenvalue weighted by atomic mass is 16.5. The molecule has 0 amide bonds. The lowest BCUT2D eigenvalue weighted by molar-refractivity contribution is -0.107. The van der Waals surface area contributed by atoms with Crippen LogP contribution in [0.3, 0.4) is 0 Å². The molecule has 0 fully saturated rings. The number of aldehydes is 1. The van der Waals surface area contributed by atoms with Gasteiger partial charge in [-0.2, -0.15) is 0 Å². The van der Waals surface area contributed by atoms with Crippen molar-refractivity contribution in [2.75, 3.05) is 6.61 Å². The summed E-state index contributed by atoms with van der Waals surface area (Å²) in [5.74, 6) is 0.895. The Labute approximate surface area is 78.5 Å². The molecule has 1 aromatic carbocycles. The predicted molar refractivity (Wildman–Crippen MR) is 52.0 cm³/mol. The van der Waals surface area contributed by atoms with E-state index in [0.29, 0.717) is 13.0 Å². The Balaban J connectivity index is 2.71. The van der Waals surface area contributed by atoms with Crippen molar-refractivity contribution in [3.63, 3.8) is 0 Å². The van der Waals surface area contributed by atoms with E-state index in [0.717, 1.165) is 24.0 Å². The van der Waals surface area contributed by atoms with Crippen LogP contribution in [-0.4, -0.2) is 12.9 Å². The van der Waals surface area contributed by atoms with Gasteiger partial charge in [0.1, 0.15) is 12.0 Å². The third-order valence-corrected chi connectivity index (χ3v) is 1.80. The number of rotatable bonds is 5. The highest BCUT2D eigenvalue weighted by Gasteiger charge is 2.00. The van der Waals surface area contributed by atoms with Crippen LogP contribution < -0.4 is 4.74 Å². The van der Waals surface area contributed by atoms with E-state index in [1.54, 1.807) is 0 Å². The Kier molecular flexibility index (Phi) is 4.03. The molecule has 0 spiro atoms. The first-order valence-electron chi connectivity index (χ1n) is 4.52. The second-order valence-corrected chi connectivity index (χ2v) is 2.75. The molecule has 2 nitrogen and oxygen atoms in total. The van der Waals surface area contributed by atoms with Crippen molar-refractivity contribution >= 4 is 6.29 Å². The first-order valence-corrected chi connectivity index (χ1v) is 4.52. The molecule has 13 heavy (non-hydrogen) atoms. The number of benzene rings is 1. The highest BCUT2D eigenvalue weighted by Crippen LogP contribution is 2.18. The lowest BCUT2D eigenvalue weighted by Gasteiger charge is -2.07. The minimum absolute atomic E-state index is 0.560. The monoisotopic (exact) mass is 178 g/mol. The second kappa shape index (κ2) is 5.36. The Morgan fingerprint density at radius 3 is 2.85 bits per heavy atom. The van der Waals surface area contributed by atoms with Gasteiger partial charge in [-0.1, -0.05) is 18.2 Å². The third kappa shape index (κ3) is 2.90. The number of carbonyl (C=O) groups excluding carboxylic acids is 1. The molecule has 70 valence electrons. The molecular weight excluding hydrogens is 164 g/mol. The van der Waals surface area contributed by atoms with Crippen molar-refractivity contribution < 1.29 is 9.53 Å². The van der Waals surface area contributed by atoms with Crippen LogP contribution >= 0.6 is 0 Å². The van der Waals surface area contributed by atoms with Crippen LogP contribution in [0.2, 0.25) is 0 Å². The molecule has 0 saturated heterocycles. The summed E-state index contributed by atoms with van der Waals surface area (Å²) in [6, 6.07) is 7.83. The quantitative estimate of drug-likeness (QED) is 0.646. The Morgan fingerprint density at radius 2 is 2.15 bits per heavy atom. The standard InChI is InChI=1S/C11H14O2/c1-2-13-11-8-4-3-6-10(11)7-5-9-12/h3-4,6,8-9H,2,5,7H2,1H3. The zero-order valence-electron chi connectivity index (χ0n) is 7.82. The van der Waals surface area contributed by atoms with E-state index in [-0.39, 0.29) is 0 Å². The molecular formula is C11H14O2. The molecule has 0 aromatic heterocycles. The lowest BCUT2D eigenvalue weighted by Crippen LogP contribution is -1.96. The summed E-state index contributed by atoms with van der Waals surface area (Å²) in [6.07, 6.45) is 2.26. The van der Waals surface area contributed by atoms with Crippen LogP contribution in [0, 0.1) is 0 Å². The van der Waals surface area contributed by atoms with Crippen molar-refractivity contribution in [3.05, 3.63) is 29.8 Å². The van der Waals surface area contributed by atoms with Crippen LogP contribution in [-0.2, 0) is 11.2 Å². The van der Waals surface area contributed by atoms with Gasteiger partial charge in [0, 0.05) is 6.42 Å². The molecule has 0 aliphatic rings. The normalized spacial score (nSPS) is 9.62. The number of carbonyl (C=O) groups is 1. The largest absolute Gasteiger partial charge is 0.494 e. The van der Waals surface area contributed by atoms with Crippen molar-refractivity contribution in [1.29, 1.82) is 0 Å². The summed E-state index contributed by atoms with van der Waals surface area (Å²) in [4.78, 5) is 10.2. The topological polar surface area (TPSA) is 26.3 Å². The van der Waals surface area contributed by atoms with Gasteiger partial charge in [-0.25, -0.2) is 0 Å². The first kappa shape index (κ1) is 9.78. The molecule has 1 aromatic rings. The summed E-state index contributed by atoms with van der Waals surface area (Å²) >= 11 is 0. The molecule has 0 heterocycles. The molecule has 0 radical (unpaired) electrons. The summed E-state index contributed by atoms with van der Waals surface area (Å²) < 4.78 is 5.42. The molecule has 1 rings (SSSR count). The summed E-state index contributed by atoms with van der Waals surface area (Å²) in [5, 5.41) is 0. The average Bonchev–Trinajstić information content (AvgIpc) is 2.17. The molecule has 0 saturated carbocycles. The van der Waals surface area contributed by atoms with Gasteiger partial charge < -0.3 is 9.53 Å². The van der Waals surface area contributed by atoms with E-state index >= 15 is 0 Å². The van der Waals surface area contributed by atoms with E-state index in [1.165, 1.54) is 0 Å². The molecule has 0 bridgehead atoms. The maximum absolute atomic E-state index is 10.2. The van der Waals surface area contributed by atoms with Gasteiger partial charge in [0.2, 0.25) is 0 Å². The van der Waals surface area contributed by atoms with Gasteiger partial charge in [0.05, 0.1) is 6.61 Å². The number of hydrogen-bond acceptors (Lipinski definition) is 2. The van der Waals surface area contributed by atoms with E-state index in [9.17, 15) is 4.79 Å². The molecule has 0 N–H and O–H groups in total. The fraction of sp³-hybridized carbons (Fsp3) is 0.364. The zero-order valence-corrected chi connectivity index (χ0v) is 7.82. The third-order valence-electron chi connectivity index (χ3n) is 1.80. The number of hydrogen-bond donors (Lipinski definition) is 0. The van der Waals surface area contributed by atoms with Crippen LogP contribution in [0.1, 0.15) is 18.9 Å². The fourth-order valence-electron chi connectivity index (χ4n) is 1.22. The lowest BCUT2D eigenvalue weighted by atomic mass is 10.1. The Morgan fingerprint density at radius 1 is 1.38 bits per heavy atom. The zero-order chi connectivity index (χ0) is 9.52. The van der Waals surface area contributed by atoms with Gasteiger partial charge in [0.25, 0.3) is 0 Å². The van der Waals surface area contributed by atoms with Gasteiger partial charge in [-0.3, -0.25) is 0 Å². The van der Waals surface area contributed by atoms with Crippen molar-refractivity contribution in [2.45, 2.75) is 19.8 Å². The van der Waals surface area contributed by atoms with Gasteiger partial charge in [-0.05, 0) is 25.0 Å². The van der Waals surface area contributed by atoms with E-state index < -0.39 is 0 Å². The maximum atomic E-state index is 10.2. The average molecular weight is 178 g/mol. The molecule has 0 atom stereocenters. The van der Waals surface area contributed by atoms with Crippen LogP contribution in [0.15, 0.2) is 24.3 Å². The van der Waals surface area contributed by atoms with Crippen LogP contribution in [0.4, 0.5) is 0 Å². The summed E-state index contributed by atoms with van der Waals surface area (Å²) in [6.45, 7) is 2.62. The van der Waals surface area contributed by atoms with Gasteiger partial charge in [0.15, 0.2) is 0 Å². The van der Waals surface area contributed by atoms with Gasteiger partial charge in [-0.15, -0.1) is 0 Å². The van der Waals surface area contributed by atoms with E-state index in [1.807, 2.05) is 31.2 Å². The van der Waals surface area contributed by atoms with Crippen LogP contribution in [0.25, 0.3) is 0 Å². The highest BCUT2D eigenvalue weighted by molar-refractivity contribution is 5.50. The van der Waals surface area contributed by atoms with Crippen molar-refractivity contribution in [3.8, 4) is 5.75 Å². The number of ether oxygens (including phenoxy) is 1. The Hall–Kier alpha value is -1.31. The number of aryl methyl sites for hydroxylation is 1. The SMILES string of the molecule is CCOc1ccccc1CCC=O. The number of para-hydroxylation sites is 1. The molecule has 0 aliphatic carbocycles. The van der Waals surface area contributed by atoms with Crippen molar-refractivity contribution in [1.82, 2.24) is 0 Å². The minimum Gasteiger partial charge on any atom is -0.494 e. The minimum atomic E-state index is 0.560.